The minimum absolute atomic E-state index is 0.292. The number of nitrogens with zero attached hydrogens (tertiary/aromatic N) is 2. The molecular formula is C11H14N2O4. The fraction of sp³-hybridized carbons (Fsp3) is 0.364. The van der Waals surface area contributed by atoms with E-state index in [2.05, 4.69) is 4.74 Å². The molecule has 0 bridgehead atoms. The van der Waals surface area contributed by atoms with Crippen molar-refractivity contribution in [2.24, 2.45) is 14.1 Å². The Morgan fingerprint density at radius 3 is 2.47 bits per heavy atom. The molecule has 0 aliphatic carbocycles. The Labute approximate surface area is 97.8 Å². The van der Waals surface area contributed by atoms with Crippen LogP contribution in [0.2, 0.25) is 0 Å². The first-order valence-corrected chi connectivity index (χ1v) is 4.91. The summed E-state index contributed by atoms with van der Waals surface area (Å²) in [5.74, 6) is -0.543. The number of carbonyl (C=O) groups is 1. The highest BCUT2D eigenvalue weighted by Crippen LogP contribution is 2.07. The third-order valence-corrected chi connectivity index (χ3v) is 2.41. The molecule has 0 unspecified atom stereocenters. The second kappa shape index (κ2) is 4.82. The van der Waals surface area contributed by atoms with Crippen LogP contribution in [0, 0.1) is 0 Å². The van der Waals surface area contributed by atoms with Gasteiger partial charge in [0, 0.05) is 26.4 Å². The monoisotopic (exact) mass is 238 g/mol. The van der Waals surface area contributed by atoms with Crippen molar-refractivity contribution in [1.29, 1.82) is 0 Å². The molecule has 0 aromatic carbocycles. The number of esters is 1. The number of allylic oxidation sites excluding steroid dienone is 1. The summed E-state index contributed by atoms with van der Waals surface area (Å²) in [6.45, 7) is 1.61. The summed E-state index contributed by atoms with van der Waals surface area (Å²) in [4.78, 5) is 34.3. The van der Waals surface area contributed by atoms with E-state index in [0.29, 0.717) is 11.1 Å². The van der Waals surface area contributed by atoms with Gasteiger partial charge in [0.15, 0.2) is 0 Å². The number of carbonyl (C=O) groups excluding carboxylic acids is 1. The third kappa shape index (κ3) is 2.52. The fourth-order valence-corrected chi connectivity index (χ4v) is 1.39. The lowest BCUT2D eigenvalue weighted by Crippen LogP contribution is -2.38. The van der Waals surface area contributed by atoms with Gasteiger partial charge in [0.25, 0.3) is 5.56 Å². The van der Waals surface area contributed by atoms with Crippen molar-refractivity contribution in [3.05, 3.63) is 38.7 Å². The van der Waals surface area contributed by atoms with Crippen LogP contribution in [0.3, 0.4) is 0 Å². The zero-order valence-corrected chi connectivity index (χ0v) is 10.2. The summed E-state index contributed by atoms with van der Waals surface area (Å²) in [6.07, 6.45) is 2.61. The van der Waals surface area contributed by atoms with Crippen LogP contribution in [0.25, 0.3) is 5.57 Å². The topological polar surface area (TPSA) is 70.3 Å². The molecule has 0 aliphatic heterocycles. The van der Waals surface area contributed by atoms with Crippen LogP contribution in [0.15, 0.2) is 21.9 Å². The minimum Gasteiger partial charge on any atom is -0.466 e. The van der Waals surface area contributed by atoms with Crippen LogP contribution in [-0.2, 0) is 23.6 Å². The molecule has 6 heteroatoms. The smallest absolute Gasteiger partial charge is 0.330 e. The Bertz CT molecular complexity index is 592. The first-order chi connectivity index (χ1) is 7.88. The van der Waals surface area contributed by atoms with E-state index in [1.165, 1.54) is 38.0 Å². The average molecular weight is 238 g/mol. The number of rotatable bonds is 2. The largest absolute Gasteiger partial charge is 0.466 e. The number of hydrogen-bond donors (Lipinski definition) is 0. The predicted molar refractivity (Wildman–Crippen MR) is 62.6 cm³/mol. The molecule has 6 nitrogen and oxygen atoms in total. The van der Waals surface area contributed by atoms with Crippen LogP contribution in [0.5, 0.6) is 0 Å². The van der Waals surface area contributed by atoms with Crippen LogP contribution >= 0.6 is 0 Å². The molecule has 17 heavy (non-hydrogen) atoms. The zero-order chi connectivity index (χ0) is 13.2. The van der Waals surface area contributed by atoms with E-state index in [9.17, 15) is 14.4 Å². The summed E-state index contributed by atoms with van der Waals surface area (Å²) in [6, 6.07) is 0. The quantitative estimate of drug-likeness (QED) is 0.522. The SMILES string of the molecule is COC(=O)/C=C(\C)c1cn(C)c(=O)n(C)c1=O. The Morgan fingerprint density at radius 1 is 1.35 bits per heavy atom. The molecule has 0 atom stereocenters. The van der Waals surface area contributed by atoms with Crippen molar-refractivity contribution >= 4 is 11.5 Å². The van der Waals surface area contributed by atoms with Gasteiger partial charge in [-0.1, -0.05) is 0 Å². The van der Waals surface area contributed by atoms with Gasteiger partial charge in [0.1, 0.15) is 0 Å². The van der Waals surface area contributed by atoms with Crippen LogP contribution in [-0.4, -0.2) is 22.2 Å². The van der Waals surface area contributed by atoms with Gasteiger partial charge in [-0.15, -0.1) is 0 Å². The number of aromatic nitrogens is 2. The van der Waals surface area contributed by atoms with Crippen molar-refractivity contribution in [2.75, 3.05) is 7.11 Å². The number of methoxy groups -OCH3 is 1. The molecule has 0 N–H and O–H groups in total. The molecule has 0 aliphatic rings. The summed E-state index contributed by atoms with van der Waals surface area (Å²) >= 11 is 0. The first-order valence-electron chi connectivity index (χ1n) is 4.91. The van der Waals surface area contributed by atoms with Gasteiger partial charge >= 0.3 is 11.7 Å². The van der Waals surface area contributed by atoms with Crippen LogP contribution in [0.1, 0.15) is 12.5 Å². The molecule has 0 saturated heterocycles. The van der Waals surface area contributed by atoms with Gasteiger partial charge in [0.05, 0.1) is 12.7 Å². The summed E-state index contributed by atoms with van der Waals surface area (Å²) in [5, 5.41) is 0. The van der Waals surface area contributed by atoms with Gasteiger partial charge in [-0.2, -0.15) is 0 Å². The second-order valence-electron chi connectivity index (χ2n) is 3.65. The maximum absolute atomic E-state index is 11.8. The highest BCUT2D eigenvalue weighted by Gasteiger charge is 2.09. The van der Waals surface area contributed by atoms with Crippen molar-refractivity contribution in [2.45, 2.75) is 6.92 Å². The van der Waals surface area contributed by atoms with E-state index in [4.69, 9.17) is 0 Å². The van der Waals surface area contributed by atoms with Crippen molar-refractivity contribution in [1.82, 2.24) is 9.13 Å². The lowest BCUT2D eigenvalue weighted by atomic mass is 10.1. The molecule has 0 radical (unpaired) electrons. The Balaban J connectivity index is 3.44. The molecule has 1 heterocycles. The van der Waals surface area contributed by atoms with E-state index in [-0.39, 0.29) is 0 Å². The van der Waals surface area contributed by atoms with Gasteiger partial charge in [-0.05, 0) is 12.5 Å². The third-order valence-electron chi connectivity index (χ3n) is 2.41. The Kier molecular flexibility index (Phi) is 3.67. The normalized spacial score (nSPS) is 11.4. The van der Waals surface area contributed by atoms with Crippen molar-refractivity contribution < 1.29 is 9.53 Å². The van der Waals surface area contributed by atoms with Gasteiger partial charge < -0.3 is 9.30 Å². The molecule has 0 saturated carbocycles. The van der Waals surface area contributed by atoms with Gasteiger partial charge in [-0.3, -0.25) is 9.36 Å². The maximum Gasteiger partial charge on any atom is 0.330 e. The second-order valence-corrected chi connectivity index (χ2v) is 3.65. The zero-order valence-electron chi connectivity index (χ0n) is 10.2. The highest BCUT2D eigenvalue weighted by molar-refractivity contribution is 5.90. The summed E-state index contributed by atoms with van der Waals surface area (Å²) in [5.41, 5.74) is -0.108. The van der Waals surface area contributed by atoms with E-state index < -0.39 is 17.2 Å². The predicted octanol–water partition coefficient (Wildman–Crippen LogP) is -0.340. The molecule has 1 aromatic rings. The molecular weight excluding hydrogens is 224 g/mol. The van der Waals surface area contributed by atoms with Gasteiger partial charge in [-0.25, -0.2) is 9.59 Å². The Morgan fingerprint density at radius 2 is 1.94 bits per heavy atom. The maximum atomic E-state index is 11.8. The van der Waals surface area contributed by atoms with E-state index >= 15 is 0 Å². The highest BCUT2D eigenvalue weighted by atomic mass is 16.5. The number of ether oxygens (including phenoxy) is 1. The van der Waals surface area contributed by atoms with Crippen LogP contribution in [0.4, 0.5) is 0 Å². The summed E-state index contributed by atoms with van der Waals surface area (Å²) < 4.78 is 6.75. The standard InChI is InChI=1S/C11H14N2O4/c1-7(5-9(14)17-4)8-6-12(2)11(16)13(3)10(8)15/h5-6H,1-4H3/b7-5+. The molecule has 92 valence electrons. The molecule has 1 rings (SSSR count). The Hall–Kier alpha value is -2.11. The average Bonchev–Trinajstić information content (AvgIpc) is 2.30. The molecule has 0 fully saturated rings. The fourth-order valence-electron chi connectivity index (χ4n) is 1.39. The molecule has 0 amide bonds. The molecule has 0 spiro atoms. The molecule has 1 aromatic heterocycles. The first kappa shape index (κ1) is 13.0. The van der Waals surface area contributed by atoms with E-state index in [1.807, 2.05) is 0 Å². The summed E-state index contributed by atoms with van der Waals surface area (Å²) in [7, 11) is 4.18. The lowest BCUT2D eigenvalue weighted by Gasteiger charge is -2.06. The minimum atomic E-state index is -0.543. The number of aryl methyl sites for hydroxylation is 1. The van der Waals surface area contributed by atoms with E-state index in [0.717, 1.165) is 4.57 Å². The van der Waals surface area contributed by atoms with Crippen molar-refractivity contribution in [3.8, 4) is 0 Å². The lowest BCUT2D eigenvalue weighted by molar-refractivity contribution is -0.134. The van der Waals surface area contributed by atoms with E-state index in [1.54, 1.807) is 6.92 Å². The van der Waals surface area contributed by atoms with Gasteiger partial charge in [0.2, 0.25) is 0 Å². The van der Waals surface area contributed by atoms with Crippen molar-refractivity contribution in [3.63, 3.8) is 0 Å². The number of hydrogen-bond acceptors (Lipinski definition) is 4. The van der Waals surface area contributed by atoms with Crippen LogP contribution < -0.4 is 11.2 Å².